The van der Waals surface area contributed by atoms with Gasteiger partial charge in [-0.25, -0.2) is 9.18 Å². The summed E-state index contributed by atoms with van der Waals surface area (Å²) < 4.78 is 59.8. The van der Waals surface area contributed by atoms with Gasteiger partial charge in [0.1, 0.15) is 17.2 Å². The molecule has 0 spiro atoms. The zero-order chi connectivity index (χ0) is 21.8. The van der Waals surface area contributed by atoms with Gasteiger partial charge < -0.3 is 14.8 Å². The van der Waals surface area contributed by atoms with E-state index in [0.29, 0.717) is 0 Å². The van der Waals surface area contributed by atoms with Gasteiger partial charge in [0.25, 0.3) is 5.91 Å². The summed E-state index contributed by atoms with van der Waals surface area (Å²) >= 11 is 0. The van der Waals surface area contributed by atoms with Crippen molar-refractivity contribution in [2.75, 3.05) is 10.6 Å². The average molecular weight is 414 g/mol. The summed E-state index contributed by atoms with van der Waals surface area (Å²) in [6.07, 6.45) is -5.69. The van der Waals surface area contributed by atoms with E-state index in [0.717, 1.165) is 24.3 Å². The number of carbonyl (C=O) groups is 2. The fourth-order valence-corrected chi connectivity index (χ4v) is 2.15. The van der Waals surface area contributed by atoms with Crippen molar-refractivity contribution in [3.8, 4) is 5.75 Å². The van der Waals surface area contributed by atoms with Crippen LogP contribution in [0.15, 0.2) is 42.5 Å². The molecule has 0 unspecified atom stereocenters. The Hall–Kier alpha value is -3.30. The Morgan fingerprint density at radius 2 is 1.66 bits per heavy atom. The van der Waals surface area contributed by atoms with Crippen LogP contribution in [0.3, 0.4) is 0 Å². The molecule has 2 aromatic rings. The van der Waals surface area contributed by atoms with Gasteiger partial charge in [0, 0.05) is 11.3 Å². The van der Waals surface area contributed by atoms with Crippen LogP contribution in [0.5, 0.6) is 5.75 Å². The molecule has 0 fully saturated rings. The number of benzene rings is 2. The number of amides is 2. The second-order valence-electron chi connectivity index (χ2n) is 6.85. The highest BCUT2D eigenvalue weighted by Gasteiger charge is 2.31. The molecule has 0 aliphatic carbocycles. The van der Waals surface area contributed by atoms with E-state index < -0.39 is 35.5 Å². The van der Waals surface area contributed by atoms with E-state index in [4.69, 9.17) is 4.74 Å². The quantitative estimate of drug-likeness (QED) is 0.664. The maximum atomic E-state index is 14.0. The molecule has 10 heteroatoms. The molecule has 2 rings (SSSR count). The highest BCUT2D eigenvalue weighted by molar-refractivity contribution is 6.05. The molecule has 0 heterocycles. The first-order valence-electron chi connectivity index (χ1n) is 8.29. The van der Waals surface area contributed by atoms with E-state index in [1.54, 1.807) is 20.8 Å². The van der Waals surface area contributed by atoms with Gasteiger partial charge in [-0.1, -0.05) is 6.07 Å². The van der Waals surface area contributed by atoms with Crippen molar-refractivity contribution < 1.29 is 36.6 Å². The van der Waals surface area contributed by atoms with Crippen LogP contribution in [0.25, 0.3) is 0 Å². The molecule has 2 aromatic carbocycles. The van der Waals surface area contributed by atoms with Gasteiger partial charge in [-0.3, -0.25) is 10.1 Å². The summed E-state index contributed by atoms with van der Waals surface area (Å²) in [4.78, 5) is 24.1. The second kappa shape index (κ2) is 8.38. The van der Waals surface area contributed by atoms with Crippen LogP contribution < -0.4 is 15.4 Å². The van der Waals surface area contributed by atoms with Crippen molar-refractivity contribution in [1.82, 2.24) is 0 Å². The smallest absolute Gasteiger partial charge is 0.444 e. The van der Waals surface area contributed by atoms with Crippen LogP contribution in [0.1, 0.15) is 31.1 Å². The molecule has 156 valence electrons. The minimum absolute atomic E-state index is 0.144. The van der Waals surface area contributed by atoms with E-state index in [2.05, 4.69) is 15.4 Å². The van der Waals surface area contributed by atoms with Gasteiger partial charge in [-0.05, 0) is 57.2 Å². The first-order chi connectivity index (χ1) is 13.3. The molecule has 6 nitrogen and oxygen atoms in total. The third kappa shape index (κ3) is 7.32. The largest absolute Gasteiger partial charge is 0.573 e. The number of alkyl halides is 3. The zero-order valence-electron chi connectivity index (χ0n) is 15.7. The van der Waals surface area contributed by atoms with Crippen LogP contribution in [0.4, 0.5) is 33.7 Å². The van der Waals surface area contributed by atoms with Crippen molar-refractivity contribution in [2.24, 2.45) is 0 Å². The third-order valence-electron chi connectivity index (χ3n) is 3.19. The van der Waals surface area contributed by atoms with E-state index in [1.165, 1.54) is 18.2 Å². The SMILES string of the molecule is CC(C)(C)OC(=O)Nc1ccc(F)c(NC(=O)c2cccc(OC(F)(F)F)c2)c1. The van der Waals surface area contributed by atoms with Crippen LogP contribution >= 0.6 is 0 Å². The van der Waals surface area contributed by atoms with Crippen molar-refractivity contribution in [1.29, 1.82) is 0 Å². The lowest BCUT2D eigenvalue weighted by Gasteiger charge is -2.20. The topological polar surface area (TPSA) is 76.7 Å². The predicted molar refractivity (Wildman–Crippen MR) is 97.3 cm³/mol. The number of ether oxygens (including phenoxy) is 2. The van der Waals surface area contributed by atoms with Gasteiger partial charge >= 0.3 is 12.5 Å². The second-order valence-corrected chi connectivity index (χ2v) is 6.85. The van der Waals surface area contributed by atoms with Gasteiger partial charge in [0.05, 0.1) is 5.69 Å². The number of carbonyl (C=O) groups excluding carboxylic acids is 2. The number of halogens is 4. The normalized spacial score (nSPS) is 11.6. The predicted octanol–water partition coefficient (Wildman–Crippen LogP) is 5.32. The summed E-state index contributed by atoms with van der Waals surface area (Å²) in [6.45, 7) is 5.00. The molecule has 0 aromatic heterocycles. The third-order valence-corrected chi connectivity index (χ3v) is 3.19. The van der Waals surface area contributed by atoms with Gasteiger partial charge in [-0.2, -0.15) is 0 Å². The summed E-state index contributed by atoms with van der Waals surface area (Å²) in [6, 6.07) is 7.72. The number of anilines is 2. The van der Waals surface area contributed by atoms with Crippen molar-refractivity contribution in [3.63, 3.8) is 0 Å². The van der Waals surface area contributed by atoms with E-state index in [1.807, 2.05) is 0 Å². The molecule has 0 bridgehead atoms. The Kier molecular flexibility index (Phi) is 6.35. The summed E-state index contributed by atoms with van der Waals surface area (Å²) in [5.74, 6) is -2.27. The van der Waals surface area contributed by atoms with Crippen LogP contribution in [-0.2, 0) is 4.74 Å². The highest BCUT2D eigenvalue weighted by atomic mass is 19.4. The average Bonchev–Trinajstić information content (AvgIpc) is 2.54. The number of rotatable bonds is 4. The van der Waals surface area contributed by atoms with Gasteiger partial charge in [0.15, 0.2) is 0 Å². The van der Waals surface area contributed by atoms with E-state index in [-0.39, 0.29) is 16.9 Å². The van der Waals surface area contributed by atoms with E-state index >= 15 is 0 Å². The van der Waals surface area contributed by atoms with Crippen molar-refractivity contribution in [3.05, 3.63) is 53.8 Å². The lowest BCUT2D eigenvalue weighted by Crippen LogP contribution is -2.27. The maximum absolute atomic E-state index is 14.0. The van der Waals surface area contributed by atoms with Crippen molar-refractivity contribution in [2.45, 2.75) is 32.7 Å². The molecule has 2 amide bonds. The maximum Gasteiger partial charge on any atom is 0.573 e. The molecule has 0 aliphatic rings. The first-order valence-corrected chi connectivity index (χ1v) is 8.29. The molecular formula is C19H18F4N2O4. The molecule has 0 radical (unpaired) electrons. The molecular weight excluding hydrogens is 396 g/mol. The summed E-state index contributed by atoms with van der Waals surface area (Å²) in [5, 5.41) is 4.63. The van der Waals surface area contributed by atoms with Crippen LogP contribution in [-0.4, -0.2) is 24.0 Å². The van der Waals surface area contributed by atoms with Crippen molar-refractivity contribution >= 4 is 23.4 Å². The first kappa shape index (κ1) is 22.0. The highest BCUT2D eigenvalue weighted by Crippen LogP contribution is 2.25. The van der Waals surface area contributed by atoms with Crippen LogP contribution in [0.2, 0.25) is 0 Å². The molecule has 0 saturated heterocycles. The van der Waals surface area contributed by atoms with E-state index in [9.17, 15) is 27.2 Å². The fourth-order valence-electron chi connectivity index (χ4n) is 2.15. The minimum atomic E-state index is -4.91. The molecule has 2 N–H and O–H groups in total. The Morgan fingerprint density at radius 3 is 2.28 bits per heavy atom. The summed E-state index contributed by atoms with van der Waals surface area (Å²) in [7, 11) is 0. The molecule has 0 aliphatic heterocycles. The molecule has 0 saturated carbocycles. The zero-order valence-corrected chi connectivity index (χ0v) is 15.7. The van der Waals surface area contributed by atoms with Gasteiger partial charge in [-0.15, -0.1) is 13.2 Å². The van der Waals surface area contributed by atoms with Crippen LogP contribution in [0, 0.1) is 5.82 Å². The fraction of sp³-hybridized carbons (Fsp3) is 0.263. The Bertz CT molecular complexity index is 908. The number of hydrogen-bond acceptors (Lipinski definition) is 4. The number of nitrogens with one attached hydrogen (secondary N) is 2. The standard InChI is InChI=1S/C19H18F4N2O4/c1-18(2,3)29-17(27)24-12-7-8-14(20)15(10-12)25-16(26)11-5-4-6-13(9-11)28-19(21,22)23/h4-10H,1-3H3,(H,24,27)(H,25,26). The molecule has 29 heavy (non-hydrogen) atoms. The Morgan fingerprint density at radius 1 is 0.966 bits per heavy atom. The monoisotopic (exact) mass is 414 g/mol. The Labute approximate surface area is 163 Å². The lowest BCUT2D eigenvalue weighted by molar-refractivity contribution is -0.274. The Balaban J connectivity index is 2.14. The summed E-state index contributed by atoms with van der Waals surface area (Å²) in [5.41, 5.74) is -1.07. The number of hydrogen-bond donors (Lipinski definition) is 2. The lowest BCUT2D eigenvalue weighted by atomic mass is 10.2. The minimum Gasteiger partial charge on any atom is -0.444 e. The van der Waals surface area contributed by atoms with Gasteiger partial charge in [0.2, 0.25) is 0 Å². The molecule has 0 atom stereocenters.